The molecule has 0 bridgehead atoms. The summed E-state index contributed by atoms with van der Waals surface area (Å²) >= 11 is 5.66. The zero-order chi connectivity index (χ0) is 21.0. The van der Waals surface area contributed by atoms with Gasteiger partial charge in [0, 0.05) is 13.1 Å². The summed E-state index contributed by atoms with van der Waals surface area (Å²) in [5, 5.41) is 4.04. The van der Waals surface area contributed by atoms with E-state index in [4.69, 9.17) is 26.4 Å². The van der Waals surface area contributed by atoms with Crippen LogP contribution in [0.15, 0.2) is 30.3 Å². The molecule has 0 spiro atoms. The lowest BCUT2D eigenvalue weighted by Crippen LogP contribution is -2.47. The Bertz CT molecular complexity index is 864. The molecule has 0 saturated heterocycles. The van der Waals surface area contributed by atoms with Crippen molar-refractivity contribution in [2.75, 3.05) is 33.9 Å². The normalized spacial score (nSPS) is 15.5. The van der Waals surface area contributed by atoms with Crippen LogP contribution in [0.2, 0.25) is 0 Å². The Labute approximate surface area is 179 Å². The molecule has 1 aliphatic heterocycles. The van der Waals surface area contributed by atoms with Crippen molar-refractivity contribution in [2.45, 2.75) is 33.2 Å². The maximum atomic E-state index is 6.25. The van der Waals surface area contributed by atoms with Gasteiger partial charge in [-0.3, -0.25) is 0 Å². The number of hydrogen-bond acceptors (Lipinski definition) is 4. The van der Waals surface area contributed by atoms with Crippen LogP contribution in [0, 0.1) is 13.8 Å². The van der Waals surface area contributed by atoms with Gasteiger partial charge in [-0.1, -0.05) is 6.07 Å². The Morgan fingerprint density at radius 3 is 2.34 bits per heavy atom. The Morgan fingerprint density at radius 2 is 1.72 bits per heavy atom. The third-order valence-corrected chi connectivity index (χ3v) is 5.57. The van der Waals surface area contributed by atoms with Gasteiger partial charge in [-0.15, -0.1) is 0 Å². The highest BCUT2D eigenvalue weighted by Gasteiger charge is 2.31. The van der Waals surface area contributed by atoms with E-state index in [2.05, 4.69) is 61.3 Å². The Hall–Kier alpha value is -2.47. The first kappa shape index (κ1) is 21.2. The highest BCUT2D eigenvalue weighted by atomic mass is 32.1. The highest BCUT2D eigenvalue weighted by Crippen LogP contribution is 2.38. The standard InChI is InChI=1S/C23H30N2O3S/c1-6-24-23(29)25-8-7-17-12-21(26-4)22(27-5)13-19(17)20(25)14-28-18-10-15(2)9-16(3)11-18/h9-13,20H,6-8,14H2,1-5H3,(H,24,29)/t20-/m1/s1. The third-order valence-electron chi connectivity index (χ3n) is 5.19. The van der Waals surface area contributed by atoms with Crippen LogP contribution in [-0.2, 0) is 6.42 Å². The largest absolute Gasteiger partial charge is 0.493 e. The van der Waals surface area contributed by atoms with Crippen LogP contribution in [0.4, 0.5) is 0 Å². The Balaban J connectivity index is 1.95. The van der Waals surface area contributed by atoms with Crippen molar-refractivity contribution in [1.82, 2.24) is 10.2 Å². The van der Waals surface area contributed by atoms with Gasteiger partial charge in [0.15, 0.2) is 16.6 Å². The lowest BCUT2D eigenvalue weighted by molar-refractivity contribution is 0.187. The predicted octanol–water partition coefficient (Wildman–Crippen LogP) is 4.19. The van der Waals surface area contributed by atoms with E-state index in [-0.39, 0.29) is 6.04 Å². The molecule has 0 amide bonds. The van der Waals surface area contributed by atoms with Crippen LogP contribution in [0.1, 0.15) is 35.2 Å². The van der Waals surface area contributed by atoms with Gasteiger partial charge < -0.3 is 24.4 Å². The molecule has 0 unspecified atom stereocenters. The van der Waals surface area contributed by atoms with Crippen LogP contribution in [0.25, 0.3) is 0 Å². The van der Waals surface area contributed by atoms with Crippen LogP contribution in [0.3, 0.4) is 0 Å². The Morgan fingerprint density at radius 1 is 1.07 bits per heavy atom. The van der Waals surface area contributed by atoms with Crippen molar-refractivity contribution in [2.24, 2.45) is 0 Å². The molecular weight excluding hydrogens is 384 g/mol. The van der Waals surface area contributed by atoms with Crippen LogP contribution in [-0.4, -0.2) is 43.9 Å². The van der Waals surface area contributed by atoms with Crippen LogP contribution in [0.5, 0.6) is 17.2 Å². The number of hydrogen-bond donors (Lipinski definition) is 1. The minimum absolute atomic E-state index is 0.00840. The molecule has 0 aromatic heterocycles. The molecule has 156 valence electrons. The van der Waals surface area contributed by atoms with Crippen molar-refractivity contribution in [1.29, 1.82) is 0 Å². The molecule has 2 aromatic carbocycles. The third kappa shape index (κ3) is 4.75. The second-order valence-electron chi connectivity index (χ2n) is 7.34. The minimum atomic E-state index is -0.00840. The summed E-state index contributed by atoms with van der Waals surface area (Å²) in [5.74, 6) is 2.35. The molecule has 0 radical (unpaired) electrons. The predicted molar refractivity (Wildman–Crippen MR) is 120 cm³/mol. The van der Waals surface area contributed by atoms with E-state index in [1.807, 2.05) is 0 Å². The molecule has 3 rings (SSSR count). The van der Waals surface area contributed by atoms with Gasteiger partial charge in [0.2, 0.25) is 0 Å². The first-order chi connectivity index (χ1) is 14.0. The number of benzene rings is 2. The number of thiocarbonyl (C=S) groups is 1. The fraction of sp³-hybridized carbons (Fsp3) is 0.435. The molecule has 0 aliphatic carbocycles. The second kappa shape index (κ2) is 9.35. The topological polar surface area (TPSA) is 43.0 Å². The summed E-state index contributed by atoms with van der Waals surface area (Å²) in [6, 6.07) is 10.4. The number of fused-ring (bicyclic) bond motifs is 1. The van der Waals surface area contributed by atoms with Crippen LogP contribution >= 0.6 is 12.2 Å². The molecule has 2 aromatic rings. The first-order valence-corrected chi connectivity index (χ1v) is 10.4. The van der Waals surface area contributed by atoms with Crippen molar-refractivity contribution in [3.8, 4) is 17.2 Å². The van der Waals surface area contributed by atoms with E-state index in [0.29, 0.717) is 6.61 Å². The summed E-state index contributed by atoms with van der Waals surface area (Å²) in [6.45, 7) is 8.34. The number of ether oxygens (including phenoxy) is 3. The van der Waals surface area contributed by atoms with Crippen molar-refractivity contribution in [3.05, 3.63) is 52.6 Å². The van der Waals surface area contributed by atoms with E-state index >= 15 is 0 Å². The summed E-state index contributed by atoms with van der Waals surface area (Å²) in [7, 11) is 3.33. The minimum Gasteiger partial charge on any atom is -0.493 e. The van der Waals surface area contributed by atoms with E-state index < -0.39 is 0 Å². The van der Waals surface area contributed by atoms with Crippen LogP contribution < -0.4 is 19.5 Å². The summed E-state index contributed by atoms with van der Waals surface area (Å²) < 4.78 is 17.3. The number of methoxy groups -OCH3 is 2. The monoisotopic (exact) mass is 414 g/mol. The molecular formula is C23H30N2O3S. The van der Waals surface area contributed by atoms with E-state index in [1.165, 1.54) is 22.3 Å². The molecule has 6 heteroatoms. The van der Waals surface area contributed by atoms with Crippen molar-refractivity contribution in [3.63, 3.8) is 0 Å². The number of nitrogens with one attached hydrogen (secondary N) is 1. The van der Waals surface area contributed by atoms with Gasteiger partial charge in [-0.25, -0.2) is 0 Å². The average molecular weight is 415 g/mol. The molecule has 5 nitrogen and oxygen atoms in total. The molecule has 0 saturated carbocycles. The SMILES string of the molecule is CCNC(=S)N1CCc2cc(OC)c(OC)cc2[C@H]1COc1cc(C)cc(C)c1. The zero-order valence-electron chi connectivity index (χ0n) is 17.9. The smallest absolute Gasteiger partial charge is 0.169 e. The lowest BCUT2D eigenvalue weighted by atomic mass is 9.92. The molecule has 1 aliphatic rings. The number of aryl methyl sites for hydroxylation is 2. The fourth-order valence-corrected chi connectivity index (χ4v) is 4.26. The molecule has 0 fully saturated rings. The maximum Gasteiger partial charge on any atom is 0.169 e. The summed E-state index contributed by atoms with van der Waals surface area (Å²) in [4.78, 5) is 2.22. The summed E-state index contributed by atoms with van der Waals surface area (Å²) in [5.41, 5.74) is 4.79. The van der Waals surface area contributed by atoms with Gasteiger partial charge in [0.1, 0.15) is 12.4 Å². The van der Waals surface area contributed by atoms with Crippen molar-refractivity contribution < 1.29 is 14.2 Å². The first-order valence-electron chi connectivity index (χ1n) is 9.97. The fourth-order valence-electron chi connectivity index (χ4n) is 3.90. The lowest BCUT2D eigenvalue weighted by Gasteiger charge is -2.39. The molecule has 1 heterocycles. The van der Waals surface area contributed by atoms with Gasteiger partial charge in [-0.05, 0) is 85.9 Å². The maximum absolute atomic E-state index is 6.25. The van der Waals surface area contributed by atoms with Gasteiger partial charge in [0.05, 0.1) is 20.3 Å². The van der Waals surface area contributed by atoms with Gasteiger partial charge in [0.25, 0.3) is 0 Å². The number of rotatable bonds is 6. The molecule has 1 N–H and O–H groups in total. The van der Waals surface area contributed by atoms with E-state index in [1.54, 1.807) is 14.2 Å². The highest BCUT2D eigenvalue weighted by molar-refractivity contribution is 7.80. The summed E-state index contributed by atoms with van der Waals surface area (Å²) in [6.07, 6.45) is 0.890. The van der Waals surface area contributed by atoms with Gasteiger partial charge in [-0.2, -0.15) is 0 Å². The quantitative estimate of drug-likeness (QED) is 0.715. The van der Waals surface area contributed by atoms with E-state index in [0.717, 1.165) is 41.9 Å². The van der Waals surface area contributed by atoms with Crippen molar-refractivity contribution >= 4 is 17.3 Å². The number of nitrogens with zero attached hydrogens (tertiary/aromatic N) is 1. The molecule has 1 atom stereocenters. The second-order valence-corrected chi connectivity index (χ2v) is 7.72. The average Bonchev–Trinajstić information content (AvgIpc) is 2.70. The van der Waals surface area contributed by atoms with Gasteiger partial charge >= 0.3 is 0 Å². The Kier molecular flexibility index (Phi) is 6.85. The van der Waals surface area contributed by atoms with E-state index in [9.17, 15) is 0 Å². The molecule has 29 heavy (non-hydrogen) atoms. The zero-order valence-corrected chi connectivity index (χ0v) is 18.7.